The van der Waals surface area contributed by atoms with Crippen LogP contribution in [0.5, 0.6) is 0 Å². The number of carbonyl (C=O) groups excluding carboxylic acids is 1. The van der Waals surface area contributed by atoms with Crippen molar-refractivity contribution in [3.63, 3.8) is 0 Å². The second kappa shape index (κ2) is 7.99. The van der Waals surface area contributed by atoms with Crippen LogP contribution >= 0.6 is 0 Å². The Balaban J connectivity index is 1.21. The summed E-state index contributed by atoms with van der Waals surface area (Å²) in [5.74, 6) is 0.872. The molecule has 2 saturated heterocycles. The lowest BCUT2D eigenvalue weighted by Crippen LogP contribution is -2.37. The summed E-state index contributed by atoms with van der Waals surface area (Å²) in [5, 5.41) is 0. The smallest absolute Gasteiger partial charge is 0.225 e. The van der Waals surface area contributed by atoms with Gasteiger partial charge in [0.15, 0.2) is 0 Å². The highest BCUT2D eigenvalue weighted by atomic mass is 16.5. The normalized spacial score (nSPS) is 20.4. The Kier molecular flexibility index (Phi) is 5.06. The van der Waals surface area contributed by atoms with Gasteiger partial charge < -0.3 is 14.0 Å². The van der Waals surface area contributed by atoms with E-state index in [1.807, 2.05) is 16.8 Å². The quantitative estimate of drug-likeness (QED) is 0.688. The number of pyridine rings is 1. The van der Waals surface area contributed by atoms with Crippen LogP contribution in [0.2, 0.25) is 0 Å². The minimum atomic E-state index is 0.154. The van der Waals surface area contributed by atoms with Gasteiger partial charge in [-0.2, -0.15) is 0 Å². The van der Waals surface area contributed by atoms with E-state index in [9.17, 15) is 4.79 Å². The van der Waals surface area contributed by atoms with Crippen molar-refractivity contribution >= 4 is 11.6 Å². The van der Waals surface area contributed by atoms with Gasteiger partial charge in [0.25, 0.3) is 0 Å². The van der Waals surface area contributed by atoms with Gasteiger partial charge in [0.1, 0.15) is 5.65 Å². The fraction of sp³-hybridized carbons (Fsp3) is 0.417. The predicted molar refractivity (Wildman–Crippen MR) is 111 cm³/mol. The first-order valence-electron chi connectivity index (χ1n) is 10.5. The number of likely N-dealkylation sites (tertiary alicyclic amines) is 1. The molecule has 5 rings (SSSR count). The molecular formula is C24H26N3O2. The average Bonchev–Trinajstić information content (AvgIpc) is 3.44. The lowest BCUT2D eigenvalue weighted by atomic mass is 9.95. The summed E-state index contributed by atoms with van der Waals surface area (Å²) in [7, 11) is 0. The Hall–Kier alpha value is -2.66. The molecule has 5 heteroatoms. The molecule has 149 valence electrons. The zero-order valence-electron chi connectivity index (χ0n) is 16.6. The largest absolute Gasteiger partial charge is 0.381 e. The van der Waals surface area contributed by atoms with Crippen LogP contribution in [0.4, 0.5) is 0 Å². The molecular weight excluding hydrogens is 362 g/mol. The fourth-order valence-corrected chi connectivity index (χ4v) is 4.55. The van der Waals surface area contributed by atoms with E-state index in [1.54, 1.807) is 0 Å². The van der Waals surface area contributed by atoms with Crippen molar-refractivity contribution in [2.75, 3.05) is 26.3 Å². The molecule has 2 aromatic heterocycles. The van der Waals surface area contributed by atoms with E-state index in [0.717, 1.165) is 57.6 Å². The number of ether oxygens (including phenoxy) is 1. The van der Waals surface area contributed by atoms with Crippen molar-refractivity contribution < 1.29 is 9.53 Å². The van der Waals surface area contributed by atoms with E-state index < -0.39 is 0 Å². The Morgan fingerprint density at radius 1 is 1.14 bits per heavy atom. The Bertz CT molecular complexity index is 989. The van der Waals surface area contributed by atoms with Crippen molar-refractivity contribution in [1.29, 1.82) is 0 Å². The first-order valence-corrected chi connectivity index (χ1v) is 10.5. The molecule has 3 aromatic rings. The highest BCUT2D eigenvalue weighted by Crippen LogP contribution is 2.30. The highest BCUT2D eigenvalue weighted by Gasteiger charge is 2.32. The second-order valence-corrected chi connectivity index (χ2v) is 8.21. The minimum absolute atomic E-state index is 0.154. The molecule has 0 bridgehead atoms. The number of nitrogens with zero attached hydrogens (tertiary/aromatic N) is 3. The van der Waals surface area contributed by atoms with Crippen LogP contribution in [-0.2, 0) is 16.0 Å². The number of imidazole rings is 1. The summed E-state index contributed by atoms with van der Waals surface area (Å²) in [6, 6.07) is 14.3. The zero-order chi connectivity index (χ0) is 19.6. The highest BCUT2D eigenvalue weighted by molar-refractivity contribution is 5.79. The summed E-state index contributed by atoms with van der Waals surface area (Å²) in [6.07, 6.45) is 9.47. The van der Waals surface area contributed by atoms with E-state index in [-0.39, 0.29) is 5.92 Å². The van der Waals surface area contributed by atoms with Crippen LogP contribution in [0, 0.1) is 12.0 Å². The Morgan fingerprint density at radius 3 is 2.86 bits per heavy atom. The SMILES string of the molecule is O=C(C1CCOCC1)N1CCC(c2[c]cc(Cc3ccn4ccnc4c3)cc2)C1. The van der Waals surface area contributed by atoms with E-state index in [2.05, 4.69) is 52.5 Å². The van der Waals surface area contributed by atoms with Crippen LogP contribution < -0.4 is 0 Å². The lowest BCUT2D eigenvalue weighted by molar-refractivity contribution is -0.137. The second-order valence-electron chi connectivity index (χ2n) is 8.21. The minimum Gasteiger partial charge on any atom is -0.381 e. The number of benzene rings is 1. The van der Waals surface area contributed by atoms with Crippen LogP contribution in [0.1, 0.15) is 41.9 Å². The predicted octanol–water partition coefficient (Wildman–Crippen LogP) is 3.47. The first kappa shape index (κ1) is 18.4. The molecule has 0 aliphatic carbocycles. The zero-order valence-corrected chi connectivity index (χ0v) is 16.6. The first-order chi connectivity index (χ1) is 14.3. The maximum absolute atomic E-state index is 12.8. The topological polar surface area (TPSA) is 46.8 Å². The molecule has 4 heterocycles. The molecule has 2 aliphatic heterocycles. The number of fused-ring (bicyclic) bond motifs is 1. The summed E-state index contributed by atoms with van der Waals surface area (Å²) in [6.45, 7) is 3.12. The van der Waals surface area contributed by atoms with Crippen molar-refractivity contribution in [3.8, 4) is 0 Å². The van der Waals surface area contributed by atoms with Crippen LogP contribution in [-0.4, -0.2) is 46.5 Å². The number of rotatable bonds is 4. The fourth-order valence-electron chi connectivity index (χ4n) is 4.55. The maximum atomic E-state index is 12.8. The maximum Gasteiger partial charge on any atom is 0.225 e. The molecule has 1 radical (unpaired) electrons. The standard InChI is InChI=1S/C24H26N3O2/c28-24(21-7-13-29-14-8-21)27-11-6-22(17-27)20-3-1-18(2-4-20)15-19-5-10-26-12-9-25-23(26)16-19/h1-3,5,9-10,12,16,21-22H,6-8,11,13-15,17H2. The lowest BCUT2D eigenvalue weighted by Gasteiger charge is -2.26. The summed E-state index contributed by atoms with van der Waals surface area (Å²) >= 11 is 0. The number of aromatic nitrogens is 2. The number of hydrogen-bond acceptors (Lipinski definition) is 3. The number of hydrogen-bond donors (Lipinski definition) is 0. The third-order valence-electron chi connectivity index (χ3n) is 6.28. The van der Waals surface area contributed by atoms with E-state index >= 15 is 0 Å². The third-order valence-corrected chi connectivity index (χ3v) is 6.28. The molecule has 1 atom stereocenters. The van der Waals surface area contributed by atoms with Gasteiger partial charge in [-0.25, -0.2) is 4.98 Å². The van der Waals surface area contributed by atoms with Gasteiger partial charge in [0.2, 0.25) is 5.91 Å². The molecule has 29 heavy (non-hydrogen) atoms. The van der Waals surface area contributed by atoms with Crippen molar-refractivity contribution in [3.05, 3.63) is 71.7 Å². The van der Waals surface area contributed by atoms with Gasteiger partial charge in [0.05, 0.1) is 0 Å². The van der Waals surface area contributed by atoms with Gasteiger partial charge >= 0.3 is 0 Å². The molecule has 5 nitrogen and oxygen atoms in total. The van der Waals surface area contributed by atoms with Gasteiger partial charge in [0, 0.05) is 56.7 Å². The molecule has 2 fully saturated rings. The summed E-state index contributed by atoms with van der Waals surface area (Å²) in [5.41, 5.74) is 4.69. The number of amides is 1. The molecule has 0 saturated carbocycles. The number of carbonyl (C=O) groups is 1. The van der Waals surface area contributed by atoms with Crippen LogP contribution in [0.3, 0.4) is 0 Å². The monoisotopic (exact) mass is 388 g/mol. The van der Waals surface area contributed by atoms with Crippen molar-refractivity contribution in [2.24, 2.45) is 5.92 Å². The van der Waals surface area contributed by atoms with Crippen molar-refractivity contribution in [1.82, 2.24) is 14.3 Å². The van der Waals surface area contributed by atoms with Gasteiger partial charge in [-0.1, -0.05) is 18.2 Å². The van der Waals surface area contributed by atoms with E-state index in [0.29, 0.717) is 11.8 Å². The van der Waals surface area contributed by atoms with Gasteiger partial charge in [-0.3, -0.25) is 4.79 Å². The third kappa shape index (κ3) is 3.92. The average molecular weight is 388 g/mol. The molecule has 0 N–H and O–H groups in total. The molecule has 1 amide bonds. The molecule has 2 aliphatic rings. The van der Waals surface area contributed by atoms with E-state index in [1.165, 1.54) is 16.7 Å². The van der Waals surface area contributed by atoms with Crippen LogP contribution in [0.25, 0.3) is 5.65 Å². The molecule has 1 unspecified atom stereocenters. The van der Waals surface area contributed by atoms with Gasteiger partial charge in [-0.15, -0.1) is 0 Å². The van der Waals surface area contributed by atoms with Crippen molar-refractivity contribution in [2.45, 2.75) is 31.6 Å². The van der Waals surface area contributed by atoms with E-state index in [4.69, 9.17) is 4.74 Å². The molecule has 1 aromatic carbocycles. The summed E-state index contributed by atoms with van der Waals surface area (Å²) < 4.78 is 7.41. The van der Waals surface area contributed by atoms with Crippen LogP contribution in [0.15, 0.2) is 48.9 Å². The summed E-state index contributed by atoms with van der Waals surface area (Å²) in [4.78, 5) is 19.2. The van der Waals surface area contributed by atoms with Gasteiger partial charge in [-0.05, 0) is 60.6 Å². The Morgan fingerprint density at radius 2 is 2.03 bits per heavy atom. The Labute approximate surface area is 171 Å². The molecule has 0 spiro atoms.